The highest BCUT2D eigenvalue weighted by Crippen LogP contribution is 2.18. The van der Waals surface area contributed by atoms with E-state index in [2.05, 4.69) is 25.8 Å². The third kappa shape index (κ3) is 5.86. The number of hydrogen-bond donors (Lipinski definition) is 2. The molecule has 2 aromatic carbocycles. The SMILES string of the molecule is CN=C(NCc1nc(-c2ccc(Cl)cc2)no1)NCc1cc(F)ccc1F.I. The summed E-state index contributed by atoms with van der Waals surface area (Å²) in [4.78, 5) is 8.30. The van der Waals surface area contributed by atoms with Gasteiger partial charge in [0.1, 0.15) is 11.6 Å². The van der Waals surface area contributed by atoms with E-state index in [1.54, 1.807) is 31.3 Å². The molecule has 6 nitrogen and oxygen atoms in total. The summed E-state index contributed by atoms with van der Waals surface area (Å²) in [5.74, 6) is 0.165. The number of nitrogens with one attached hydrogen (secondary N) is 2. The topological polar surface area (TPSA) is 75.3 Å². The molecule has 1 aromatic heterocycles. The zero-order chi connectivity index (χ0) is 19.2. The summed E-state index contributed by atoms with van der Waals surface area (Å²) in [6, 6.07) is 10.3. The first kappa shape index (κ1) is 22.0. The van der Waals surface area contributed by atoms with Crippen LogP contribution in [-0.2, 0) is 13.1 Å². The first-order valence-corrected chi connectivity index (χ1v) is 8.40. The standard InChI is InChI=1S/C18H16ClF2N5O.HI/c1-22-18(23-9-12-8-14(20)6-7-15(12)21)24-10-16-25-17(26-27-16)11-2-4-13(19)5-3-11;/h2-8H,9-10H2,1H3,(H2,22,23,24);1H. The van der Waals surface area contributed by atoms with Crippen molar-refractivity contribution in [2.45, 2.75) is 13.1 Å². The van der Waals surface area contributed by atoms with Gasteiger partial charge in [-0.05, 0) is 42.5 Å². The van der Waals surface area contributed by atoms with Gasteiger partial charge in [0.15, 0.2) is 5.96 Å². The fourth-order valence-electron chi connectivity index (χ4n) is 2.28. The van der Waals surface area contributed by atoms with Crippen molar-refractivity contribution in [1.29, 1.82) is 0 Å². The zero-order valence-corrected chi connectivity index (χ0v) is 17.8. The fourth-order valence-corrected chi connectivity index (χ4v) is 2.41. The number of benzene rings is 2. The molecule has 2 N–H and O–H groups in total. The lowest BCUT2D eigenvalue weighted by Gasteiger charge is -2.11. The molecule has 3 rings (SSSR count). The van der Waals surface area contributed by atoms with Crippen LogP contribution in [-0.4, -0.2) is 23.1 Å². The van der Waals surface area contributed by atoms with Crippen LogP contribution in [0.2, 0.25) is 5.02 Å². The van der Waals surface area contributed by atoms with E-state index in [9.17, 15) is 8.78 Å². The van der Waals surface area contributed by atoms with E-state index >= 15 is 0 Å². The lowest BCUT2D eigenvalue weighted by atomic mass is 10.2. The highest BCUT2D eigenvalue weighted by Gasteiger charge is 2.10. The lowest BCUT2D eigenvalue weighted by Crippen LogP contribution is -2.36. The molecule has 0 radical (unpaired) electrons. The molecule has 0 aliphatic rings. The molecule has 10 heteroatoms. The zero-order valence-electron chi connectivity index (χ0n) is 14.7. The van der Waals surface area contributed by atoms with Crippen LogP contribution < -0.4 is 10.6 Å². The highest BCUT2D eigenvalue weighted by molar-refractivity contribution is 14.0. The molecule has 0 aliphatic heterocycles. The Morgan fingerprint density at radius 1 is 1.11 bits per heavy atom. The lowest BCUT2D eigenvalue weighted by molar-refractivity contribution is 0.375. The minimum atomic E-state index is -0.503. The van der Waals surface area contributed by atoms with Crippen molar-refractivity contribution in [1.82, 2.24) is 20.8 Å². The molecule has 0 bridgehead atoms. The van der Waals surface area contributed by atoms with E-state index in [0.717, 1.165) is 23.8 Å². The van der Waals surface area contributed by atoms with Gasteiger partial charge in [-0.15, -0.1) is 24.0 Å². The Labute approximate surface area is 182 Å². The Kier molecular flexibility index (Phi) is 8.12. The van der Waals surface area contributed by atoms with E-state index < -0.39 is 11.6 Å². The average Bonchev–Trinajstić information content (AvgIpc) is 3.14. The molecule has 0 amide bonds. The van der Waals surface area contributed by atoms with Gasteiger partial charge in [-0.3, -0.25) is 4.99 Å². The second-order valence-electron chi connectivity index (χ2n) is 5.53. The van der Waals surface area contributed by atoms with Crippen molar-refractivity contribution >= 4 is 41.5 Å². The minimum absolute atomic E-state index is 0. The number of aromatic nitrogens is 2. The molecule has 0 unspecified atom stereocenters. The van der Waals surface area contributed by atoms with Crippen LogP contribution in [0.25, 0.3) is 11.4 Å². The van der Waals surface area contributed by atoms with E-state index in [1.807, 2.05) is 0 Å². The molecule has 0 fully saturated rings. The first-order valence-electron chi connectivity index (χ1n) is 8.02. The number of guanidine groups is 1. The molecule has 148 valence electrons. The summed E-state index contributed by atoms with van der Waals surface area (Å²) in [6.45, 7) is 0.287. The van der Waals surface area contributed by atoms with Gasteiger partial charge in [-0.2, -0.15) is 4.98 Å². The van der Waals surface area contributed by atoms with Crippen LogP contribution >= 0.6 is 35.6 Å². The number of aliphatic imine (C=N–C) groups is 1. The van der Waals surface area contributed by atoms with Crippen LogP contribution in [0.3, 0.4) is 0 Å². The molecule has 0 saturated heterocycles. The third-order valence-electron chi connectivity index (χ3n) is 3.66. The van der Waals surface area contributed by atoms with E-state index in [0.29, 0.717) is 22.7 Å². The predicted molar refractivity (Wildman–Crippen MR) is 114 cm³/mol. The van der Waals surface area contributed by atoms with E-state index in [4.69, 9.17) is 16.1 Å². The van der Waals surface area contributed by atoms with Crippen molar-refractivity contribution in [3.63, 3.8) is 0 Å². The monoisotopic (exact) mass is 519 g/mol. The Morgan fingerprint density at radius 2 is 1.82 bits per heavy atom. The first-order chi connectivity index (χ1) is 13.0. The maximum absolute atomic E-state index is 13.7. The Bertz CT molecular complexity index is 949. The molecule has 0 spiro atoms. The largest absolute Gasteiger partial charge is 0.352 e. The van der Waals surface area contributed by atoms with Crippen molar-refractivity contribution in [3.8, 4) is 11.4 Å². The normalized spacial score (nSPS) is 11.1. The minimum Gasteiger partial charge on any atom is -0.352 e. The van der Waals surface area contributed by atoms with Gasteiger partial charge in [0.25, 0.3) is 0 Å². The van der Waals surface area contributed by atoms with Crippen LogP contribution in [0.15, 0.2) is 52.0 Å². The van der Waals surface area contributed by atoms with Gasteiger partial charge >= 0.3 is 0 Å². The maximum Gasteiger partial charge on any atom is 0.246 e. The van der Waals surface area contributed by atoms with E-state index in [1.165, 1.54) is 0 Å². The van der Waals surface area contributed by atoms with Gasteiger partial charge in [0, 0.05) is 29.7 Å². The van der Waals surface area contributed by atoms with Gasteiger partial charge in [-0.25, -0.2) is 8.78 Å². The molecule has 1 heterocycles. The van der Waals surface area contributed by atoms with Crippen molar-refractivity contribution in [2.75, 3.05) is 7.05 Å². The van der Waals surface area contributed by atoms with Crippen LogP contribution in [0.5, 0.6) is 0 Å². The summed E-state index contributed by atoms with van der Waals surface area (Å²) in [5.41, 5.74) is 0.972. The third-order valence-corrected chi connectivity index (χ3v) is 3.91. The Hall–Kier alpha value is -2.27. The summed E-state index contributed by atoms with van der Waals surface area (Å²) < 4.78 is 32.1. The highest BCUT2D eigenvalue weighted by atomic mass is 127. The Balaban J connectivity index is 0.00000280. The molecule has 0 aliphatic carbocycles. The molecule has 0 atom stereocenters. The van der Waals surface area contributed by atoms with Gasteiger partial charge in [-0.1, -0.05) is 16.8 Å². The second-order valence-corrected chi connectivity index (χ2v) is 5.97. The number of nitrogens with zero attached hydrogens (tertiary/aromatic N) is 3. The maximum atomic E-state index is 13.7. The number of rotatable bonds is 5. The van der Waals surface area contributed by atoms with Crippen molar-refractivity contribution in [3.05, 3.63) is 70.6 Å². The van der Waals surface area contributed by atoms with E-state index in [-0.39, 0.29) is 42.6 Å². The van der Waals surface area contributed by atoms with Gasteiger partial charge < -0.3 is 15.2 Å². The molecule has 28 heavy (non-hydrogen) atoms. The summed E-state index contributed by atoms with van der Waals surface area (Å²) in [6.07, 6.45) is 0. The molecular formula is C18H17ClF2IN5O. The number of hydrogen-bond acceptors (Lipinski definition) is 4. The smallest absolute Gasteiger partial charge is 0.246 e. The second kappa shape index (κ2) is 10.3. The van der Waals surface area contributed by atoms with Crippen LogP contribution in [0.1, 0.15) is 11.5 Å². The predicted octanol–water partition coefficient (Wildman–Crippen LogP) is 4.15. The average molecular weight is 520 g/mol. The Morgan fingerprint density at radius 3 is 2.54 bits per heavy atom. The quantitative estimate of drug-likeness (QED) is 0.301. The summed E-state index contributed by atoms with van der Waals surface area (Å²) in [7, 11) is 1.56. The van der Waals surface area contributed by atoms with Gasteiger partial charge in [0.05, 0.1) is 6.54 Å². The number of halogens is 4. The van der Waals surface area contributed by atoms with Gasteiger partial charge in [0.2, 0.25) is 11.7 Å². The van der Waals surface area contributed by atoms with Crippen LogP contribution in [0.4, 0.5) is 8.78 Å². The summed E-state index contributed by atoms with van der Waals surface area (Å²) in [5, 5.41) is 10.4. The van der Waals surface area contributed by atoms with Crippen molar-refractivity contribution in [2.24, 2.45) is 4.99 Å². The summed E-state index contributed by atoms with van der Waals surface area (Å²) >= 11 is 5.86. The molecule has 3 aromatic rings. The van der Waals surface area contributed by atoms with Crippen LogP contribution in [0, 0.1) is 11.6 Å². The molecule has 0 saturated carbocycles. The van der Waals surface area contributed by atoms with Crippen molar-refractivity contribution < 1.29 is 13.3 Å². The fraction of sp³-hybridized carbons (Fsp3) is 0.167. The molecular weight excluding hydrogens is 503 g/mol.